The van der Waals surface area contributed by atoms with E-state index in [1.54, 1.807) is 0 Å². The number of Topliss-reactive ketones (excluding diaryl/α,β-unsaturated/α-hetero) is 2. The number of nitrogens with one attached hydrogen (secondary N) is 1. The van der Waals surface area contributed by atoms with Gasteiger partial charge in [-0.25, -0.2) is 0 Å². The van der Waals surface area contributed by atoms with Crippen molar-refractivity contribution in [1.29, 1.82) is 0 Å². The van der Waals surface area contributed by atoms with Crippen molar-refractivity contribution in [1.82, 2.24) is 5.32 Å². The Bertz CT molecular complexity index is 331. The maximum absolute atomic E-state index is 11.5. The monoisotopic (exact) mass is 227 g/mol. The van der Waals surface area contributed by atoms with E-state index >= 15 is 0 Å². The minimum atomic E-state index is -1.10. The van der Waals surface area contributed by atoms with E-state index in [9.17, 15) is 19.2 Å². The first kappa shape index (κ1) is 12.4. The van der Waals surface area contributed by atoms with E-state index in [0.717, 1.165) is 0 Å². The third-order valence-electron chi connectivity index (χ3n) is 2.42. The molecule has 0 atom stereocenters. The second kappa shape index (κ2) is 4.87. The zero-order valence-electron chi connectivity index (χ0n) is 9.11. The molecule has 1 rings (SSSR count). The highest BCUT2D eigenvalue weighted by Crippen LogP contribution is 2.20. The first-order chi connectivity index (χ1) is 7.45. The highest BCUT2D eigenvalue weighted by molar-refractivity contribution is 6.12. The van der Waals surface area contributed by atoms with E-state index in [1.165, 1.54) is 14.0 Å². The Morgan fingerprint density at radius 2 is 1.75 bits per heavy atom. The molecule has 1 aliphatic carbocycles. The van der Waals surface area contributed by atoms with Crippen molar-refractivity contribution in [3.8, 4) is 0 Å². The topological polar surface area (TPSA) is 89.5 Å². The van der Waals surface area contributed by atoms with E-state index < -0.39 is 35.4 Å². The first-order valence-corrected chi connectivity index (χ1v) is 4.86. The summed E-state index contributed by atoms with van der Waals surface area (Å²) in [5.74, 6) is -2.61. The fourth-order valence-electron chi connectivity index (χ4n) is 1.67. The molecule has 0 radical (unpaired) electrons. The Kier molecular flexibility index (Phi) is 3.76. The summed E-state index contributed by atoms with van der Waals surface area (Å²) in [5.41, 5.74) is 0. The van der Waals surface area contributed by atoms with Crippen molar-refractivity contribution in [2.75, 3.05) is 7.11 Å². The Morgan fingerprint density at radius 3 is 2.12 bits per heavy atom. The molecule has 0 aromatic carbocycles. The average Bonchev–Trinajstić information content (AvgIpc) is 2.21. The van der Waals surface area contributed by atoms with Crippen molar-refractivity contribution < 1.29 is 23.9 Å². The van der Waals surface area contributed by atoms with Crippen molar-refractivity contribution in [2.45, 2.75) is 25.8 Å². The van der Waals surface area contributed by atoms with Gasteiger partial charge in [-0.2, -0.15) is 0 Å². The van der Waals surface area contributed by atoms with Crippen LogP contribution in [-0.2, 0) is 23.9 Å². The molecule has 0 heterocycles. The van der Waals surface area contributed by atoms with Crippen LogP contribution in [0.5, 0.6) is 0 Å². The molecule has 0 aromatic heterocycles. The van der Waals surface area contributed by atoms with Crippen LogP contribution in [0, 0.1) is 5.92 Å². The molecule has 1 fully saturated rings. The van der Waals surface area contributed by atoms with Gasteiger partial charge >= 0.3 is 5.97 Å². The van der Waals surface area contributed by atoms with E-state index in [-0.39, 0.29) is 12.8 Å². The molecule has 6 heteroatoms. The van der Waals surface area contributed by atoms with Gasteiger partial charge in [0.15, 0.2) is 11.6 Å². The second-order valence-electron chi connectivity index (χ2n) is 3.69. The van der Waals surface area contributed by atoms with Gasteiger partial charge in [0.1, 0.15) is 6.04 Å². The highest BCUT2D eigenvalue weighted by Gasteiger charge is 2.39. The minimum Gasteiger partial charge on any atom is -0.469 e. The Morgan fingerprint density at radius 1 is 1.25 bits per heavy atom. The molecule has 0 aliphatic heterocycles. The van der Waals surface area contributed by atoms with Gasteiger partial charge in [0.05, 0.1) is 13.0 Å². The largest absolute Gasteiger partial charge is 0.469 e. The smallest absolute Gasteiger partial charge is 0.309 e. The van der Waals surface area contributed by atoms with E-state index in [0.29, 0.717) is 0 Å². The number of carbonyl (C=O) groups is 4. The predicted molar refractivity (Wildman–Crippen MR) is 52.4 cm³/mol. The van der Waals surface area contributed by atoms with Gasteiger partial charge in [0.2, 0.25) is 5.91 Å². The summed E-state index contributed by atoms with van der Waals surface area (Å²) in [6.45, 7) is 1.23. The zero-order chi connectivity index (χ0) is 12.3. The fraction of sp³-hybridized carbons (Fsp3) is 0.600. The molecule has 16 heavy (non-hydrogen) atoms. The lowest BCUT2D eigenvalue weighted by atomic mass is 9.84. The van der Waals surface area contributed by atoms with Crippen LogP contribution < -0.4 is 5.32 Å². The highest BCUT2D eigenvalue weighted by atomic mass is 16.5. The Hall–Kier alpha value is -1.72. The molecule has 0 unspecified atom stereocenters. The number of rotatable bonds is 2. The van der Waals surface area contributed by atoms with Gasteiger partial charge in [0.25, 0.3) is 0 Å². The van der Waals surface area contributed by atoms with Gasteiger partial charge in [-0.15, -0.1) is 0 Å². The van der Waals surface area contributed by atoms with Gasteiger partial charge < -0.3 is 10.1 Å². The van der Waals surface area contributed by atoms with Crippen LogP contribution in [0.15, 0.2) is 0 Å². The average molecular weight is 227 g/mol. The number of ketones is 2. The summed E-state index contributed by atoms with van der Waals surface area (Å²) in [4.78, 5) is 45.0. The van der Waals surface area contributed by atoms with E-state index in [1.807, 2.05) is 0 Å². The number of amides is 1. The number of hydrogen-bond acceptors (Lipinski definition) is 5. The van der Waals surface area contributed by atoms with Crippen molar-refractivity contribution >= 4 is 23.4 Å². The number of methoxy groups -OCH3 is 1. The molecule has 0 bridgehead atoms. The third-order valence-corrected chi connectivity index (χ3v) is 2.42. The number of esters is 1. The fourth-order valence-corrected chi connectivity index (χ4v) is 1.67. The molecule has 1 saturated carbocycles. The zero-order valence-corrected chi connectivity index (χ0v) is 9.11. The number of hydrogen-bond donors (Lipinski definition) is 1. The summed E-state index contributed by atoms with van der Waals surface area (Å²) >= 11 is 0. The summed E-state index contributed by atoms with van der Waals surface area (Å²) in [6.07, 6.45) is -0.132. The molecule has 1 amide bonds. The van der Waals surface area contributed by atoms with Crippen molar-refractivity contribution in [3.63, 3.8) is 0 Å². The molecular formula is C10H13NO5. The molecular weight excluding hydrogens is 214 g/mol. The van der Waals surface area contributed by atoms with Crippen LogP contribution in [-0.4, -0.2) is 36.6 Å². The maximum Gasteiger partial charge on any atom is 0.309 e. The molecule has 0 spiro atoms. The summed E-state index contributed by atoms with van der Waals surface area (Å²) in [7, 11) is 1.21. The lowest BCUT2D eigenvalue weighted by Crippen LogP contribution is -2.50. The van der Waals surface area contributed by atoms with Gasteiger partial charge in [-0.05, 0) is 0 Å². The normalized spacial score (nSPS) is 25.1. The third kappa shape index (κ3) is 2.65. The quantitative estimate of drug-likeness (QED) is 0.493. The SMILES string of the molecule is COC(=O)C1CC(=O)C(NC(C)=O)C(=O)C1. The minimum absolute atomic E-state index is 0.0661. The van der Waals surface area contributed by atoms with Crippen molar-refractivity contribution in [3.05, 3.63) is 0 Å². The van der Waals surface area contributed by atoms with E-state index in [4.69, 9.17) is 0 Å². The standard InChI is InChI=1S/C10H13NO5/c1-5(12)11-9-7(13)3-6(4-8(9)14)10(15)16-2/h6,9H,3-4H2,1-2H3,(H,11,12). The molecule has 1 aliphatic rings. The van der Waals surface area contributed by atoms with Gasteiger partial charge in [0, 0.05) is 19.8 Å². The van der Waals surface area contributed by atoms with Crippen LogP contribution in [0.2, 0.25) is 0 Å². The van der Waals surface area contributed by atoms with Gasteiger partial charge in [-0.3, -0.25) is 19.2 Å². The van der Waals surface area contributed by atoms with Crippen LogP contribution in [0.3, 0.4) is 0 Å². The van der Waals surface area contributed by atoms with Crippen LogP contribution >= 0.6 is 0 Å². The lowest BCUT2D eigenvalue weighted by molar-refractivity contribution is -0.152. The van der Waals surface area contributed by atoms with Crippen LogP contribution in [0.1, 0.15) is 19.8 Å². The number of ether oxygens (including phenoxy) is 1. The summed E-state index contributed by atoms with van der Waals surface area (Å²) in [6, 6.07) is -1.10. The second-order valence-corrected chi connectivity index (χ2v) is 3.69. The number of carbonyl (C=O) groups excluding carboxylic acids is 4. The summed E-state index contributed by atoms with van der Waals surface area (Å²) in [5, 5.41) is 2.27. The van der Waals surface area contributed by atoms with E-state index in [2.05, 4.69) is 10.1 Å². The molecule has 1 N–H and O–H groups in total. The maximum atomic E-state index is 11.5. The van der Waals surface area contributed by atoms with Crippen LogP contribution in [0.25, 0.3) is 0 Å². The first-order valence-electron chi connectivity index (χ1n) is 4.86. The lowest BCUT2D eigenvalue weighted by Gasteiger charge is -2.24. The molecule has 0 saturated heterocycles. The van der Waals surface area contributed by atoms with Crippen LogP contribution in [0.4, 0.5) is 0 Å². The van der Waals surface area contributed by atoms with Gasteiger partial charge in [-0.1, -0.05) is 0 Å². The van der Waals surface area contributed by atoms with Crippen molar-refractivity contribution in [2.24, 2.45) is 5.92 Å². The Labute approximate surface area is 92.3 Å². The molecule has 6 nitrogen and oxygen atoms in total. The predicted octanol–water partition coefficient (Wildman–Crippen LogP) is -0.788. The molecule has 0 aromatic rings. The summed E-state index contributed by atoms with van der Waals surface area (Å²) < 4.78 is 4.47. The Balaban J connectivity index is 2.71. The molecule has 88 valence electrons.